The quantitative estimate of drug-likeness (QED) is 0.389. The molecule has 0 unspecified atom stereocenters. The lowest BCUT2D eigenvalue weighted by atomic mass is 9.88. The fourth-order valence-electron chi connectivity index (χ4n) is 1.67. The Hall–Kier alpha value is -1.15. The van der Waals surface area contributed by atoms with Crippen LogP contribution in [0, 0.1) is 5.92 Å². The maximum Gasteiger partial charge on any atom is 0.370 e. The fourth-order valence-corrected chi connectivity index (χ4v) is 1.67. The molecule has 7 nitrogen and oxygen atoms in total. The summed E-state index contributed by atoms with van der Waals surface area (Å²) in [5.41, 5.74) is 5.70. The normalized spacial score (nSPS) is 32.3. The molecule has 17 heavy (non-hydrogen) atoms. The first kappa shape index (κ1) is 13.9. The first-order valence-electron chi connectivity index (χ1n) is 5.22. The lowest BCUT2D eigenvalue weighted by molar-refractivity contribution is -0.146. The Kier molecular flexibility index (Phi) is 4.47. The van der Waals surface area contributed by atoms with Gasteiger partial charge in [0, 0.05) is 12.0 Å². The van der Waals surface area contributed by atoms with Crippen LogP contribution in [0.25, 0.3) is 0 Å². The van der Waals surface area contributed by atoms with Crippen molar-refractivity contribution in [2.75, 3.05) is 6.61 Å². The van der Waals surface area contributed by atoms with Crippen molar-refractivity contribution in [1.82, 2.24) is 0 Å². The van der Waals surface area contributed by atoms with Gasteiger partial charge in [-0.1, -0.05) is 6.92 Å². The number of aliphatic hydroxyl groups is 3. The fraction of sp³-hybridized carbons (Fsp3) is 0.700. The van der Waals surface area contributed by atoms with E-state index in [2.05, 4.69) is 0 Å². The molecule has 98 valence electrons. The highest BCUT2D eigenvalue weighted by Crippen LogP contribution is 2.26. The third-order valence-corrected chi connectivity index (χ3v) is 2.86. The third kappa shape index (κ3) is 2.95. The Morgan fingerprint density at radius 3 is 2.65 bits per heavy atom. The summed E-state index contributed by atoms with van der Waals surface area (Å²) >= 11 is 0. The van der Waals surface area contributed by atoms with Crippen molar-refractivity contribution in [3.63, 3.8) is 0 Å². The molecule has 1 heterocycles. The van der Waals surface area contributed by atoms with E-state index in [9.17, 15) is 15.0 Å². The van der Waals surface area contributed by atoms with Gasteiger partial charge >= 0.3 is 5.97 Å². The van der Waals surface area contributed by atoms with Gasteiger partial charge in [0.25, 0.3) is 0 Å². The van der Waals surface area contributed by atoms with Crippen LogP contribution in [-0.2, 0) is 9.53 Å². The van der Waals surface area contributed by atoms with Crippen LogP contribution in [0.1, 0.15) is 6.92 Å². The van der Waals surface area contributed by atoms with Crippen LogP contribution in [0.2, 0.25) is 0 Å². The smallest absolute Gasteiger partial charge is 0.370 e. The molecule has 1 rings (SSSR count). The molecule has 6 N–H and O–H groups in total. The van der Waals surface area contributed by atoms with Gasteiger partial charge in [-0.15, -0.1) is 0 Å². The summed E-state index contributed by atoms with van der Waals surface area (Å²) in [5.74, 6) is -2.03. The van der Waals surface area contributed by atoms with E-state index < -0.39 is 36.9 Å². The average Bonchev–Trinajstić information content (AvgIpc) is 2.30. The molecule has 1 aliphatic rings. The maximum atomic E-state index is 10.8. The van der Waals surface area contributed by atoms with Crippen molar-refractivity contribution in [2.24, 2.45) is 11.7 Å². The van der Waals surface area contributed by atoms with Crippen molar-refractivity contribution in [1.29, 1.82) is 0 Å². The Bertz CT molecular complexity index is 318. The number of aliphatic hydroxyl groups excluding tert-OH is 3. The van der Waals surface area contributed by atoms with E-state index in [0.717, 1.165) is 0 Å². The van der Waals surface area contributed by atoms with E-state index >= 15 is 0 Å². The molecule has 0 saturated heterocycles. The minimum Gasteiger partial charge on any atom is -0.480 e. The number of carbonyl (C=O) groups is 1. The minimum atomic E-state index is -1.40. The van der Waals surface area contributed by atoms with Crippen molar-refractivity contribution in [3.8, 4) is 0 Å². The lowest BCUT2D eigenvalue weighted by Crippen LogP contribution is -2.51. The Morgan fingerprint density at radius 1 is 1.59 bits per heavy atom. The molecule has 0 saturated carbocycles. The van der Waals surface area contributed by atoms with Gasteiger partial charge in [-0.3, -0.25) is 0 Å². The van der Waals surface area contributed by atoms with E-state index in [-0.39, 0.29) is 11.7 Å². The summed E-state index contributed by atoms with van der Waals surface area (Å²) in [6.45, 7) is 1.02. The van der Waals surface area contributed by atoms with Crippen LogP contribution < -0.4 is 5.73 Å². The monoisotopic (exact) mass is 247 g/mol. The highest BCUT2D eigenvalue weighted by Gasteiger charge is 2.39. The molecule has 0 fully saturated rings. The van der Waals surface area contributed by atoms with Crippen LogP contribution >= 0.6 is 0 Å². The van der Waals surface area contributed by atoms with E-state index in [1.807, 2.05) is 0 Å². The van der Waals surface area contributed by atoms with Gasteiger partial charge in [0.1, 0.15) is 18.3 Å². The third-order valence-electron chi connectivity index (χ3n) is 2.86. The number of ether oxygens (including phenoxy) is 1. The van der Waals surface area contributed by atoms with Gasteiger partial charge < -0.3 is 30.9 Å². The molecule has 0 radical (unpaired) electrons. The van der Waals surface area contributed by atoms with Crippen LogP contribution in [0.15, 0.2) is 11.8 Å². The SMILES string of the molecule is C[C@H]1[C@H]([C@H](O)[C@H](O)CO)OC(C(=O)O)=C[C@@H]1N. The second-order valence-electron chi connectivity index (χ2n) is 4.10. The zero-order valence-electron chi connectivity index (χ0n) is 9.35. The molecule has 0 aromatic heterocycles. The van der Waals surface area contributed by atoms with Crippen molar-refractivity contribution >= 4 is 5.97 Å². The number of hydrogen-bond acceptors (Lipinski definition) is 6. The van der Waals surface area contributed by atoms with Crippen molar-refractivity contribution in [3.05, 3.63) is 11.8 Å². The molecule has 0 bridgehead atoms. The predicted octanol–water partition coefficient (Wildman–Crippen LogP) is -1.97. The standard InChI is InChI=1S/C10H17NO6/c1-4-5(11)2-7(10(15)16)17-9(4)8(14)6(13)3-12/h2,4-6,8-9,12-14H,3,11H2,1H3,(H,15,16)/t4-,5+,6-,8-,9-/m1/s1. The zero-order valence-corrected chi connectivity index (χ0v) is 9.35. The first-order chi connectivity index (χ1) is 7.88. The molecule has 7 heteroatoms. The summed E-state index contributed by atoms with van der Waals surface area (Å²) in [4.78, 5) is 10.8. The molecule has 0 aromatic carbocycles. The van der Waals surface area contributed by atoms with Gasteiger partial charge in [-0.05, 0) is 6.08 Å². The lowest BCUT2D eigenvalue weighted by Gasteiger charge is -2.36. The van der Waals surface area contributed by atoms with Crippen LogP contribution in [0.5, 0.6) is 0 Å². The molecule has 0 aliphatic carbocycles. The number of hydrogen-bond donors (Lipinski definition) is 5. The highest BCUT2D eigenvalue weighted by molar-refractivity contribution is 5.84. The Morgan fingerprint density at radius 2 is 2.18 bits per heavy atom. The summed E-state index contributed by atoms with van der Waals surface area (Å²) in [6.07, 6.45) is -2.52. The molecule has 0 spiro atoms. The van der Waals surface area contributed by atoms with E-state index in [1.165, 1.54) is 6.08 Å². The summed E-state index contributed by atoms with van der Waals surface area (Å²) in [6, 6.07) is -0.597. The first-order valence-corrected chi connectivity index (χ1v) is 5.22. The van der Waals surface area contributed by atoms with Gasteiger partial charge in [0.2, 0.25) is 5.76 Å². The summed E-state index contributed by atoms with van der Waals surface area (Å²) in [7, 11) is 0. The van der Waals surface area contributed by atoms with E-state index in [1.54, 1.807) is 6.92 Å². The largest absolute Gasteiger partial charge is 0.480 e. The van der Waals surface area contributed by atoms with Crippen LogP contribution in [0.3, 0.4) is 0 Å². The predicted molar refractivity (Wildman–Crippen MR) is 56.8 cm³/mol. The van der Waals surface area contributed by atoms with Crippen molar-refractivity contribution in [2.45, 2.75) is 31.3 Å². The molecule has 0 aromatic rings. The number of aliphatic carboxylic acids is 1. The molecular formula is C10H17NO6. The zero-order chi connectivity index (χ0) is 13.2. The van der Waals surface area contributed by atoms with Gasteiger partial charge in [-0.25, -0.2) is 4.79 Å². The topological polar surface area (TPSA) is 133 Å². The number of carboxylic acid groups (broad SMARTS) is 1. The summed E-state index contributed by atoms with van der Waals surface area (Å²) in [5, 5.41) is 36.6. The number of carboxylic acids is 1. The molecule has 0 amide bonds. The molecular weight excluding hydrogens is 230 g/mol. The number of rotatable bonds is 4. The van der Waals surface area contributed by atoms with Crippen LogP contribution in [0.4, 0.5) is 0 Å². The maximum absolute atomic E-state index is 10.8. The number of nitrogens with two attached hydrogens (primary N) is 1. The average molecular weight is 247 g/mol. The highest BCUT2D eigenvalue weighted by atomic mass is 16.5. The van der Waals surface area contributed by atoms with E-state index in [4.69, 9.17) is 20.7 Å². The second kappa shape index (κ2) is 5.46. The van der Waals surface area contributed by atoms with Gasteiger partial charge in [-0.2, -0.15) is 0 Å². The Balaban J connectivity index is 2.87. The summed E-state index contributed by atoms with van der Waals surface area (Å²) < 4.78 is 5.08. The van der Waals surface area contributed by atoms with Gasteiger partial charge in [0.15, 0.2) is 0 Å². The van der Waals surface area contributed by atoms with Crippen LogP contribution in [-0.4, -0.2) is 57.4 Å². The van der Waals surface area contributed by atoms with E-state index in [0.29, 0.717) is 0 Å². The molecule has 5 atom stereocenters. The van der Waals surface area contributed by atoms with Gasteiger partial charge in [0.05, 0.1) is 6.61 Å². The van der Waals surface area contributed by atoms with Crippen molar-refractivity contribution < 1.29 is 30.0 Å². The minimum absolute atomic E-state index is 0.357. The molecule has 1 aliphatic heterocycles. The Labute approximate surface area is 98.1 Å². The second-order valence-corrected chi connectivity index (χ2v) is 4.10.